The Hall–Kier alpha value is -1.78. The second-order valence-corrected chi connectivity index (χ2v) is 19.2. The Morgan fingerprint density at radius 2 is 1.81 bits per heavy atom. The van der Waals surface area contributed by atoms with Gasteiger partial charge in [0.25, 0.3) is 0 Å². The molecule has 2 aliphatic rings. The molecule has 42 heavy (non-hydrogen) atoms. The molecule has 2 heterocycles. The van der Waals surface area contributed by atoms with Crippen LogP contribution in [-0.2, 0) is 29.9 Å². The Balaban J connectivity index is 1.63. The summed E-state index contributed by atoms with van der Waals surface area (Å²) in [7, 11) is -1.92. The molecule has 0 unspecified atom stereocenters. The van der Waals surface area contributed by atoms with Crippen molar-refractivity contribution >= 4 is 20.3 Å². The molecule has 1 aromatic carbocycles. The van der Waals surface area contributed by atoms with Crippen molar-refractivity contribution in [3.63, 3.8) is 0 Å². The molecule has 0 bridgehead atoms. The highest BCUT2D eigenvalue weighted by Gasteiger charge is 2.45. The van der Waals surface area contributed by atoms with Crippen LogP contribution in [0.25, 0.3) is 0 Å². The minimum Gasteiger partial charge on any atom is -0.447 e. The molecule has 7 atom stereocenters. The van der Waals surface area contributed by atoms with E-state index >= 15 is 0 Å². The molecular weight excluding hydrogens is 550 g/mol. The van der Waals surface area contributed by atoms with Gasteiger partial charge in [0.15, 0.2) is 14.1 Å². The van der Waals surface area contributed by atoms with Gasteiger partial charge in [-0.2, -0.15) is 0 Å². The van der Waals surface area contributed by atoms with Gasteiger partial charge in [-0.25, -0.2) is 9.69 Å². The molecule has 2 amide bonds. The van der Waals surface area contributed by atoms with Crippen molar-refractivity contribution in [2.45, 2.75) is 129 Å². The number of hydrogen-bond donors (Lipinski definition) is 1. The van der Waals surface area contributed by atoms with Gasteiger partial charge in [0.05, 0.1) is 36.9 Å². The number of cyclic esters (lactones) is 1. The molecule has 0 aliphatic carbocycles. The molecule has 2 fully saturated rings. The molecule has 9 heteroatoms. The minimum atomic E-state index is -1.92. The molecule has 2 aliphatic heterocycles. The van der Waals surface area contributed by atoms with Crippen molar-refractivity contribution in [2.75, 3.05) is 13.2 Å². The van der Waals surface area contributed by atoms with Crippen LogP contribution in [0.15, 0.2) is 30.3 Å². The van der Waals surface area contributed by atoms with E-state index in [-0.39, 0.29) is 47.6 Å². The van der Waals surface area contributed by atoms with Crippen LogP contribution >= 0.6 is 0 Å². The zero-order chi connectivity index (χ0) is 31.5. The first-order valence-electron chi connectivity index (χ1n) is 15.7. The van der Waals surface area contributed by atoms with Crippen molar-refractivity contribution in [1.29, 1.82) is 0 Å². The van der Waals surface area contributed by atoms with Gasteiger partial charge in [-0.1, -0.05) is 71.9 Å². The van der Waals surface area contributed by atoms with E-state index in [2.05, 4.69) is 40.8 Å². The Morgan fingerprint density at radius 1 is 1.17 bits per heavy atom. The van der Waals surface area contributed by atoms with Crippen LogP contribution in [0.1, 0.15) is 80.2 Å². The fourth-order valence-electron chi connectivity index (χ4n) is 5.90. The quantitative estimate of drug-likeness (QED) is 0.270. The van der Waals surface area contributed by atoms with Crippen molar-refractivity contribution in [1.82, 2.24) is 4.90 Å². The molecule has 8 nitrogen and oxygen atoms in total. The lowest BCUT2D eigenvalue weighted by Gasteiger charge is -2.45. The molecular formula is C33H55NO7Si. The zero-order valence-corrected chi connectivity index (χ0v) is 28.5. The monoisotopic (exact) mass is 605 g/mol. The first kappa shape index (κ1) is 34.7. The summed E-state index contributed by atoms with van der Waals surface area (Å²) < 4.78 is 24.4. The van der Waals surface area contributed by atoms with Crippen molar-refractivity contribution in [3.8, 4) is 0 Å². The number of benzene rings is 1. The molecule has 2 saturated heterocycles. The van der Waals surface area contributed by atoms with E-state index in [1.165, 1.54) is 4.90 Å². The van der Waals surface area contributed by atoms with Crippen LogP contribution in [-0.4, -0.2) is 73.7 Å². The first-order chi connectivity index (χ1) is 19.5. The summed E-state index contributed by atoms with van der Waals surface area (Å²) in [6.45, 7) is 21.8. The topological polar surface area (TPSA) is 94.5 Å². The fraction of sp³-hybridized carbons (Fsp3) is 0.758. The number of hydrogen-bond acceptors (Lipinski definition) is 7. The lowest BCUT2D eigenvalue weighted by Crippen LogP contribution is -2.51. The lowest BCUT2D eigenvalue weighted by atomic mass is 9.81. The Morgan fingerprint density at radius 3 is 2.40 bits per heavy atom. The second-order valence-electron chi connectivity index (χ2n) is 14.4. The molecule has 0 aromatic heterocycles. The van der Waals surface area contributed by atoms with Crippen molar-refractivity contribution in [2.24, 2.45) is 17.8 Å². The molecule has 0 radical (unpaired) electrons. The summed E-state index contributed by atoms with van der Waals surface area (Å²) in [6.07, 6.45) is 0.637. The van der Waals surface area contributed by atoms with Gasteiger partial charge in [-0.15, -0.1) is 0 Å². The summed E-state index contributed by atoms with van der Waals surface area (Å²) >= 11 is 0. The van der Waals surface area contributed by atoms with Gasteiger partial charge >= 0.3 is 6.09 Å². The van der Waals surface area contributed by atoms with E-state index in [1.54, 1.807) is 0 Å². The van der Waals surface area contributed by atoms with Gasteiger partial charge < -0.3 is 23.7 Å². The normalized spacial score (nSPS) is 25.9. The van der Waals surface area contributed by atoms with Gasteiger partial charge in [-0.3, -0.25) is 4.79 Å². The number of amides is 2. The third-order valence-corrected chi connectivity index (χ3v) is 14.0. The van der Waals surface area contributed by atoms with Crippen LogP contribution < -0.4 is 0 Å². The van der Waals surface area contributed by atoms with Gasteiger partial charge in [0, 0.05) is 6.42 Å². The summed E-state index contributed by atoms with van der Waals surface area (Å²) in [5.74, 6) is -1.88. The lowest BCUT2D eigenvalue weighted by molar-refractivity contribution is -0.311. The van der Waals surface area contributed by atoms with E-state index in [0.717, 1.165) is 5.56 Å². The van der Waals surface area contributed by atoms with Gasteiger partial charge in [0.2, 0.25) is 5.91 Å². The maximum absolute atomic E-state index is 13.7. The van der Waals surface area contributed by atoms with Crippen molar-refractivity contribution in [3.05, 3.63) is 35.9 Å². The maximum atomic E-state index is 13.7. The summed E-state index contributed by atoms with van der Waals surface area (Å²) in [4.78, 5) is 27.6. The number of aliphatic hydroxyl groups is 1. The van der Waals surface area contributed by atoms with Gasteiger partial charge in [0.1, 0.15) is 6.61 Å². The van der Waals surface area contributed by atoms with Crippen molar-refractivity contribution < 1.29 is 33.3 Å². The highest BCUT2D eigenvalue weighted by atomic mass is 28.4. The van der Waals surface area contributed by atoms with E-state index < -0.39 is 32.2 Å². The number of carbonyl (C=O) groups is 2. The predicted octanol–water partition coefficient (Wildman–Crippen LogP) is 6.56. The van der Waals surface area contributed by atoms with Crippen LogP contribution in [0, 0.1) is 17.8 Å². The van der Waals surface area contributed by atoms with Crippen LogP contribution in [0.2, 0.25) is 18.1 Å². The molecule has 238 valence electrons. The highest BCUT2D eigenvalue weighted by molar-refractivity contribution is 6.74. The standard InChI is InChI=1S/C33H55NO7Si/c1-11-27(30(36)34-25(20-38-31(34)37)18-24-15-13-12-14-16-24)29(35)23(3)17-22(2)28-19-26(40-33(7,8)41-28)21-39-42(9,10)32(4,5)6/h12-16,22-23,25-29,35H,11,17-21H2,1-10H3/t22-,23-,25+,26+,27+,28+,29-/m1/s1. The highest BCUT2D eigenvalue weighted by Crippen LogP contribution is 2.39. The summed E-state index contributed by atoms with van der Waals surface area (Å²) in [6, 6.07) is 9.38. The van der Waals surface area contributed by atoms with Crippen LogP contribution in [0.4, 0.5) is 4.79 Å². The van der Waals surface area contributed by atoms with E-state index in [9.17, 15) is 14.7 Å². The Kier molecular flexibility index (Phi) is 11.5. The number of nitrogens with zero attached hydrogens (tertiary/aromatic N) is 1. The van der Waals surface area contributed by atoms with Crippen LogP contribution in [0.3, 0.4) is 0 Å². The van der Waals surface area contributed by atoms with E-state index in [0.29, 0.717) is 32.3 Å². The largest absolute Gasteiger partial charge is 0.447 e. The first-order valence-corrected chi connectivity index (χ1v) is 18.6. The van der Waals surface area contributed by atoms with Crippen LogP contribution in [0.5, 0.6) is 0 Å². The van der Waals surface area contributed by atoms with E-state index in [4.69, 9.17) is 18.6 Å². The molecule has 3 rings (SSSR count). The summed E-state index contributed by atoms with van der Waals surface area (Å²) in [5.41, 5.74) is 1.03. The Bertz CT molecular complexity index is 1040. The minimum absolute atomic E-state index is 0.0731. The molecule has 1 aromatic rings. The third-order valence-electron chi connectivity index (χ3n) is 9.46. The molecule has 0 saturated carbocycles. The molecule has 0 spiro atoms. The van der Waals surface area contributed by atoms with Gasteiger partial charge in [-0.05, 0) is 68.6 Å². The predicted molar refractivity (Wildman–Crippen MR) is 166 cm³/mol. The number of aliphatic hydroxyl groups excluding tert-OH is 1. The number of imide groups is 1. The third kappa shape index (κ3) is 8.65. The molecule has 1 N–H and O–H groups in total. The SMILES string of the molecule is CC[C@H](C(=O)N1C(=O)OC[C@@H]1Cc1ccccc1)[C@H](O)[C@H](C)C[C@@H](C)[C@@H]1C[C@@H](CO[Si](C)(C)C(C)(C)C)OC(C)(C)O1. The number of ether oxygens (including phenoxy) is 3. The number of carbonyl (C=O) groups excluding carboxylic acids is 2. The fourth-order valence-corrected chi connectivity index (χ4v) is 6.93. The smallest absolute Gasteiger partial charge is 0.416 e. The second kappa shape index (κ2) is 13.9. The Labute approximate surface area is 254 Å². The number of rotatable bonds is 12. The summed E-state index contributed by atoms with van der Waals surface area (Å²) in [5, 5.41) is 11.6. The zero-order valence-electron chi connectivity index (χ0n) is 27.5. The average molecular weight is 606 g/mol. The average Bonchev–Trinajstić information content (AvgIpc) is 3.26. The maximum Gasteiger partial charge on any atom is 0.416 e. The van der Waals surface area contributed by atoms with E-state index in [1.807, 2.05) is 58.0 Å².